The fourth-order valence-electron chi connectivity index (χ4n) is 1.96. The number of nitrogens with zero attached hydrogens (tertiary/aromatic N) is 1. The van der Waals surface area contributed by atoms with Gasteiger partial charge in [-0.15, -0.1) is 0 Å². The number of aliphatic carboxylic acids is 1. The molecule has 0 saturated carbocycles. The molecule has 5 heteroatoms. The van der Waals surface area contributed by atoms with Gasteiger partial charge in [-0.25, -0.2) is 0 Å². The van der Waals surface area contributed by atoms with Crippen molar-refractivity contribution in [3.63, 3.8) is 0 Å². The van der Waals surface area contributed by atoms with Crippen molar-refractivity contribution in [3.8, 4) is 0 Å². The second kappa shape index (κ2) is 5.09. The summed E-state index contributed by atoms with van der Waals surface area (Å²) in [6.07, 6.45) is 1.58. The van der Waals surface area contributed by atoms with Crippen molar-refractivity contribution < 1.29 is 19.5 Å². The van der Waals surface area contributed by atoms with Gasteiger partial charge in [0.1, 0.15) is 5.92 Å². The van der Waals surface area contributed by atoms with Gasteiger partial charge in [0.2, 0.25) is 5.91 Å². The van der Waals surface area contributed by atoms with Crippen LogP contribution in [0.1, 0.15) is 33.1 Å². The van der Waals surface area contributed by atoms with Crippen molar-refractivity contribution in [1.82, 2.24) is 4.90 Å². The van der Waals surface area contributed by atoms with Crippen LogP contribution in [0.15, 0.2) is 0 Å². The number of rotatable bonds is 5. The SMILES string of the molecule is CCCN1C(=O)CCC1C(=O)C(C)C(=O)O. The van der Waals surface area contributed by atoms with Crippen LogP contribution in [0.3, 0.4) is 0 Å². The number of hydrogen-bond donors (Lipinski definition) is 1. The van der Waals surface area contributed by atoms with Gasteiger partial charge < -0.3 is 10.0 Å². The van der Waals surface area contributed by atoms with Gasteiger partial charge in [0, 0.05) is 13.0 Å². The van der Waals surface area contributed by atoms with Gasteiger partial charge in [-0.2, -0.15) is 0 Å². The Morgan fingerprint density at radius 2 is 2.19 bits per heavy atom. The lowest BCUT2D eigenvalue weighted by molar-refractivity contribution is -0.148. The van der Waals surface area contributed by atoms with Crippen LogP contribution in [-0.2, 0) is 14.4 Å². The molecule has 0 radical (unpaired) electrons. The van der Waals surface area contributed by atoms with Crippen molar-refractivity contribution >= 4 is 17.7 Å². The zero-order valence-electron chi connectivity index (χ0n) is 9.60. The molecule has 1 heterocycles. The summed E-state index contributed by atoms with van der Waals surface area (Å²) in [5, 5.41) is 8.77. The van der Waals surface area contributed by atoms with E-state index in [0.29, 0.717) is 19.4 Å². The van der Waals surface area contributed by atoms with E-state index in [4.69, 9.17) is 5.11 Å². The quantitative estimate of drug-likeness (QED) is 0.701. The van der Waals surface area contributed by atoms with E-state index >= 15 is 0 Å². The Kier molecular flexibility index (Phi) is 4.04. The third kappa shape index (κ3) is 2.40. The van der Waals surface area contributed by atoms with Crippen LogP contribution < -0.4 is 0 Å². The average molecular weight is 227 g/mol. The van der Waals surface area contributed by atoms with Crippen molar-refractivity contribution in [3.05, 3.63) is 0 Å². The highest BCUT2D eigenvalue weighted by Crippen LogP contribution is 2.22. The maximum absolute atomic E-state index is 11.8. The molecule has 0 aliphatic carbocycles. The standard InChI is InChI=1S/C11H17NO4/c1-3-6-12-8(4-5-9(12)13)10(14)7(2)11(15)16/h7-8H,3-6H2,1-2H3,(H,15,16). The highest BCUT2D eigenvalue weighted by Gasteiger charge is 2.38. The van der Waals surface area contributed by atoms with Crippen molar-refractivity contribution in [2.24, 2.45) is 5.92 Å². The van der Waals surface area contributed by atoms with Crippen LogP contribution >= 0.6 is 0 Å². The summed E-state index contributed by atoms with van der Waals surface area (Å²) >= 11 is 0. The normalized spacial score (nSPS) is 22.2. The number of ketones is 1. The summed E-state index contributed by atoms with van der Waals surface area (Å²) in [6.45, 7) is 3.83. The zero-order valence-corrected chi connectivity index (χ0v) is 9.60. The number of carboxylic acids is 1. The van der Waals surface area contributed by atoms with E-state index in [0.717, 1.165) is 6.42 Å². The molecular formula is C11H17NO4. The zero-order chi connectivity index (χ0) is 12.3. The van der Waals surface area contributed by atoms with Gasteiger partial charge in [-0.05, 0) is 19.8 Å². The molecule has 1 N–H and O–H groups in total. The van der Waals surface area contributed by atoms with Crippen molar-refractivity contribution in [2.45, 2.75) is 39.2 Å². The van der Waals surface area contributed by atoms with E-state index in [2.05, 4.69) is 0 Å². The minimum Gasteiger partial charge on any atom is -0.481 e. The number of carbonyl (C=O) groups is 3. The summed E-state index contributed by atoms with van der Waals surface area (Å²) in [5.74, 6) is -2.55. The molecule has 0 bridgehead atoms. The Balaban J connectivity index is 2.75. The molecule has 2 atom stereocenters. The van der Waals surface area contributed by atoms with E-state index in [1.165, 1.54) is 11.8 Å². The van der Waals surface area contributed by atoms with Crippen molar-refractivity contribution in [2.75, 3.05) is 6.54 Å². The smallest absolute Gasteiger partial charge is 0.313 e. The first-order valence-corrected chi connectivity index (χ1v) is 5.55. The van der Waals surface area contributed by atoms with Crippen LogP contribution in [0.4, 0.5) is 0 Å². The Hall–Kier alpha value is -1.39. The fraction of sp³-hybridized carbons (Fsp3) is 0.727. The van der Waals surface area contributed by atoms with Crippen LogP contribution in [0, 0.1) is 5.92 Å². The van der Waals surface area contributed by atoms with E-state index in [9.17, 15) is 14.4 Å². The summed E-state index contributed by atoms with van der Waals surface area (Å²) in [5.41, 5.74) is 0. The summed E-state index contributed by atoms with van der Waals surface area (Å²) in [6, 6.07) is -0.529. The molecule has 2 unspecified atom stereocenters. The van der Waals surface area contributed by atoms with Crippen molar-refractivity contribution in [1.29, 1.82) is 0 Å². The molecule has 1 aliphatic rings. The Labute approximate surface area is 94.4 Å². The van der Waals surface area contributed by atoms with E-state index < -0.39 is 17.9 Å². The van der Waals surface area contributed by atoms with Gasteiger partial charge in [-0.3, -0.25) is 14.4 Å². The molecule has 1 rings (SSSR count). The third-order valence-electron chi connectivity index (χ3n) is 2.92. The molecule has 1 aliphatic heterocycles. The van der Waals surface area contributed by atoms with Crippen LogP contribution in [-0.4, -0.2) is 40.3 Å². The summed E-state index contributed by atoms with van der Waals surface area (Å²) in [4.78, 5) is 35.6. The Morgan fingerprint density at radius 1 is 1.56 bits per heavy atom. The molecule has 1 saturated heterocycles. The fourth-order valence-corrected chi connectivity index (χ4v) is 1.96. The van der Waals surface area contributed by atoms with Gasteiger partial charge in [0.25, 0.3) is 0 Å². The third-order valence-corrected chi connectivity index (χ3v) is 2.92. The maximum Gasteiger partial charge on any atom is 0.313 e. The monoisotopic (exact) mass is 227 g/mol. The number of amides is 1. The number of carboxylic acid groups (broad SMARTS) is 1. The highest BCUT2D eigenvalue weighted by atomic mass is 16.4. The van der Waals surface area contributed by atoms with E-state index in [-0.39, 0.29) is 11.7 Å². The number of Topliss-reactive ketones (excluding diaryl/α,β-unsaturated/α-hetero) is 1. The Bertz CT molecular complexity index is 313. The minimum absolute atomic E-state index is 0.0437. The Morgan fingerprint density at radius 3 is 2.69 bits per heavy atom. The summed E-state index contributed by atoms with van der Waals surface area (Å²) in [7, 11) is 0. The molecular weight excluding hydrogens is 210 g/mol. The first-order chi connectivity index (χ1) is 7.49. The molecule has 1 fully saturated rings. The molecule has 90 valence electrons. The minimum atomic E-state index is -1.12. The average Bonchev–Trinajstić information content (AvgIpc) is 2.59. The molecule has 1 amide bonds. The molecule has 16 heavy (non-hydrogen) atoms. The summed E-state index contributed by atoms with van der Waals surface area (Å²) < 4.78 is 0. The lowest BCUT2D eigenvalue weighted by Crippen LogP contribution is -2.42. The van der Waals surface area contributed by atoms with Crippen LogP contribution in [0.2, 0.25) is 0 Å². The molecule has 0 aromatic heterocycles. The van der Waals surface area contributed by atoms with Gasteiger partial charge in [-0.1, -0.05) is 6.92 Å². The van der Waals surface area contributed by atoms with Crippen LogP contribution in [0.25, 0.3) is 0 Å². The molecule has 0 aromatic rings. The predicted octanol–water partition coefficient (Wildman–Crippen LogP) is 0.677. The van der Waals surface area contributed by atoms with E-state index in [1.807, 2.05) is 6.92 Å². The lowest BCUT2D eigenvalue weighted by Gasteiger charge is -2.24. The maximum atomic E-state index is 11.8. The second-order valence-electron chi connectivity index (χ2n) is 4.10. The van der Waals surface area contributed by atoms with E-state index in [1.54, 1.807) is 0 Å². The number of hydrogen-bond acceptors (Lipinski definition) is 3. The first-order valence-electron chi connectivity index (χ1n) is 5.55. The lowest BCUT2D eigenvalue weighted by atomic mass is 9.98. The first kappa shape index (κ1) is 12.7. The largest absolute Gasteiger partial charge is 0.481 e. The molecule has 0 spiro atoms. The topological polar surface area (TPSA) is 74.7 Å². The molecule has 5 nitrogen and oxygen atoms in total. The van der Waals surface area contributed by atoms with Gasteiger partial charge >= 0.3 is 5.97 Å². The molecule has 0 aromatic carbocycles. The second-order valence-corrected chi connectivity index (χ2v) is 4.10. The predicted molar refractivity (Wildman–Crippen MR) is 56.8 cm³/mol. The number of carbonyl (C=O) groups excluding carboxylic acids is 2. The highest BCUT2D eigenvalue weighted by molar-refractivity contribution is 6.03. The van der Waals surface area contributed by atoms with Gasteiger partial charge in [0.15, 0.2) is 5.78 Å². The number of likely N-dealkylation sites (tertiary alicyclic amines) is 1. The van der Waals surface area contributed by atoms with Crippen LogP contribution in [0.5, 0.6) is 0 Å². The van der Waals surface area contributed by atoms with Gasteiger partial charge in [0.05, 0.1) is 6.04 Å².